The lowest BCUT2D eigenvalue weighted by Gasteiger charge is -2.10. The SMILES string of the molecule is Cc1ccccc1Cn1cnc(NC(=O)c2cc(COc3c(C)cccc3C)cs2)n1. The minimum Gasteiger partial charge on any atom is -0.488 e. The summed E-state index contributed by atoms with van der Waals surface area (Å²) in [6, 6.07) is 16.0. The molecule has 0 bridgehead atoms. The molecule has 6 nitrogen and oxygen atoms in total. The van der Waals surface area contributed by atoms with E-state index in [0.717, 1.165) is 28.0 Å². The lowest BCUT2D eigenvalue weighted by Crippen LogP contribution is -2.12. The topological polar surface area (TPSA) is 69.0 Å². The molecule has 7 heteroatoms. The van der Waals surface area contributed by atoms with Crippen molar-refractivity contribution in [1.29, 1.82) is 0 Å². The highest BCUT2D eigenvalue weighted by Crippen LogP contribution is 2.24. The van der Waals surface area contributed by atoms with E-state index in [1.54, 1.807) is 11.0 Å². The molecule has 0 aliphatic rings. The van der Waals surface area contributed by atoms with Crippen molar-refractivity contribution < 1.29 is 9.53 Å². The largest absolute Gasteiger partial charge is 0.488 e. The van der Waals surface area contributed by atoms with Gasteiger partial charge in [0.2, 0.25) is 5.95 Å². The maximum Gasteiger partial charge on any atom is 0.268 e. The minimum atomic E-state index is -0.225. The van der Waals surface area contributed by atoms with E-state index in [4.69, 9.17) is 4.74 Å². The fourth-order valence-corrected chi connectivity index (χ4v) is 4.10. The molecule has 2 aromatic carbocycles. The average molecular weight is 433 g/mol. The first kappa shape index (κ1) is 20.8. The maximum absolute atomic E-state index is 12.6. The summed E-state index contributed by atoms with van der Waals surface area (Å²) >= 11 is 1.38. The number of aromatic nitrogens is 3. The van der Waals surface area contributed by atoms with Gasteiger partial charge in [-0.3, -0.25) is 10.1 Å². The Hall–Kier alpha value is -3.45. The van der Waals surface area contributed by atoms with Crippen LogP contribution in [-0.2, 0) is 13.2 Å². The van der Waals surface area contributed by atoms with Crippen LogP contribution in [0.5, 0.6) is 5.75 Å². The number of hydrogen-bond donors (Lipinski definition) is 1. The third kappa shape index (κ3) is 5.00. The molecule has 158 valence electrons. The number of rotatable bonds is 7. The normalized spacial score (nSPS) is 10.8. The Morgan fingerprint density at radius 2 is 1.81 bits per heavy atom. The summed E-state index contributed by atoms with van der Waals surface area (Å²) < 4.78 is 7.70. The zero-order valence-corrected chi connectivity index (χ0v) is 18.6. The Bertz CT molecular complexity index is 1190. The van der Waals surface area contributed by atoms with Crippen molar-refractivity contribution in [2.75, 3.05) is 5.32 Å². The fraction of sp³-hybridized carbons (Fsp3) is 0.208. The number of nitrogens with zero attached hydrogens (tertiary/aromatic N) is 3. The van der Waals surface area contributed by atoms with E-state index in [-0.39, 0.29) is 5.91 Å². The van der Waals surface area contributed by atoms with E-state index in [1.807, 2.05) is 55.6 Å². The number of ether oxygens (including phenoxy) is 1. The van der Waals surface area contributed by atoms with Gasteiger partial charge in [-0.1, -0.05) is 42.5 Å². The van der Waals surface area contributed by atoms with Gasteiger partial charge in [-0.25, -0.2) is 9.67 Å². The number of anilines is 1. The molecule has 4 aromatic rings. The molecular formula is C24H24N4O2S. The van der Waals surface area contributed by atoms with Crippen LogP contribution in [-0.4, -0.2) is 20.7 Å². The molecule has 1 N–H and O–H groups in total. The second-order valence-electron chi connectivity index (χ2n) is 7.48. The van der Waals surface area contributed by atoms with E-state index >= 15 is 0 Å². The van der Waals surface area contributed by atoms with Crippen LogP contribution in [0.4, 0.5) is 5.95 Å². The van der Waals surface area contributed by atoms with Gasteiger partial charge in [0, 0.05) is 5.56 Å². The van der Waals surface area contributed by atoms with Crippen molar-refractivity contribution in [2.24, 2.45) is 0 Å². The first-order valence-electron chi connectivity index (χ1n) is 10.0. The monoisotopic (exact) mass is 432 g/mol. The first-order valence-corrected chi connectivity index (χ1v) is 10.9. The third-order valence-corrected chi connectivity index (χ3v) is 6.00. The molecule has 0 saturated heterocycles. The number of aryl methyl sites for hydroxylation is 3. The van der Waals surface area contributed by atoms with Gasteiger partial charge < -0.3 is 4.74 Å². The van der Waals surface area contributed by atoms with Gasteiger partial charge in [-0.05, 0) is 54.5 Å². The molecule has 0 aliphatic carbocycles. The van der Waals surface area contributed by atoms with Crippen molar-refractivity contribution >= 4 is 23.2 Å². The summed E-state index contributed by atoms with van der Waals surface area (Å²) in [5.41, 5.74) is 5.51. The van der Waals surface area contributed by atoms with Gasteiger partial charge in [0.1, 0.15) is 18.7 Å². The molecule has 0 radical (unpaired) electrons. The van der Waals surface area contributed by atoms with Crippen molar-refractivity contribution in [1.82, 2.24) is 14.8 Å². The summed E-state index contributed by atoms with van der Waals surface area (Å²) in [5.74, 6) is 0.959. The average Bonchev–Trinajstić information content (AvgIpc) is 3.39. The number of para-hydroxylation sites is 1. The van der Waals surface area contributed by atoms with Crippen molar-refractivity contribution in [3.8, 4) is 5.75 Å². The van der Waals surface area contributed by atoms with E-state index in [1.165, 1.54) is 16.9 Å². The zero-order valence-electron chi connectivity index (χ0n) is 17.8. The van der Waals surface area contributed by atoms with Crippen LogP contribution in [0.3, 0.4) is 0 Å². The Kier molecular flexibility index (Phi) is 6.13. The highest BCUT2D eigenvalue weighted by atomic mass is 32.1. The van der Waals surface area contributed by atoms with Gasteiger partial charge in [0.05, 0.1) is 11.4 Å². The van der Waals surface area contributed by atoms with Gasteiger partial charge >= 0.3 is 0 Å². The second-order valence-corrected chi connectivity index (χ2v) is 8.39. The summed E-state index contributed by atoms with van der Waals surface area (Å²) in [6.45, 7) is 7.14. The first-order chi connectivity index (χ1) is 15.0. The van der Waals surface area contributed by atoms with E-state index < -0.39 is 0 Å². The van der Waals surface area contributed by atoms with Crippen molar-refractivity contribution in [3.63, 3.8) is 0 Å². The highest BCUT2D eigenvalue weighted by Gasteiger charge is 2.13. The van der Waals surface area contributed by atoms with Crippen LogP contribution in [0.1, 0.15) is 37.5 Å². The van der Waals surface area contributed by atoms with Crippen molar-refractivity contribution in [3.05, 3.63) is 92.9 Å². The fourth-order valence-electron chi connectivity index (χ4n) is 3.31. The second kappa shape index (κ2) is 9.14. The summed E-state index contributed by atoms with van der Waals surface area (Å²) in [6.07, 6.45) is 1.63. The van der Waals surface area contributed by atoms with Gasteiger partial charge in [0.25, 0.3) is 5.91 Å². The molecule has 0 spiro atoms. The van der Waals surface area contributed by atoms with Crippen LogP contribution in [0.15, 0.2) is 60.2 Å². The summed E-state index contributed by atoms with van der Waals surface area (Å²) in [7, 11) is 0. The van der Waals surface area contributed by atoms with E-state index in [0.29, 0.717) is 24.0 Å². The summed E-state index contributed by atoms with van der Waals surface area (Å²) in [4.78, 5) is 17.4. The Morgan fingerprint density at radius 1 is 1.06 bits per heavy atom. The van der Waals surface area contributed by atoms with Crippen LogP contribution < -0.4 is 10.1 Å². The lowest BCUT2D eigenvalue weighted by molar-refractivity contribution is 0.102. The molecule has 2 heterocycles. The number of benzene rings is 2. The third-order valence-electron chi connectivity index (χ3n) is 5.02. The van der Waals surface area contributed by atoms with Crippen LogP contribution in [0.25, 0.3) is 0 Å². The van der Waals surface area contributed by atoms with E-state index in [9.17, 15) is 4.79 Å². The number of carbonyl (C=O) groups is 1. The predicted octanol–water partition coefficient (Wildman–Crippen LogP) is 5.14. The molecule has 4 rings (SSSR count). The van der Waals surface area contributed by atoms with Gasteiger partial charge in [0.15, 0.2) is 0 Å². The Balaban J connectivity index is 1.36. The predicted molar refractivity (Wildman–Crippen MR) is 123 cm³/mol. The van der Waals surface area contributed by atoms with E-state index in [2.05, 4.69) is 34.5 Å². The highest BCUT2D eigenvalue weighted by molar-refractivity contribution is 7.12. The summed E-state index contributed by atoms with van der Waals surface area (Å²) in [5, 5.41) is 9.08. The molecule has 2 aromatic heterocycles. The standard InChI is InChI=1S/C24H24N4O2S/c1-16-7-4-5-10-20(16)12-28-15-25-24(27-28)26-23(29)21-11-19(14-31-21)13-30-22-17(2)8-6-9-18(22)3/h4-11,14-15H,12-13H2,1-3H3,(H,26,27,29). The van der Waals surface area contributed by atoms with Crippen LogP contribution in [0, 0.1) is 20.8 Å². The molecule has 0 aliphatic heterocycles. The molecular weight excluding hydrogens is 408 g/mol. The maximum atomic E-state index is 12.6. The molecule has 1 amide bonds. The smallest absolute Gasteiger partial charge is 0.268 e. The lowest BCUT2D eigenvalue weighted by atomic mass is 10.1. The molecule has 0 fully saturated rings. The van der Waals surface area contributed by atoms with Crippen molar-refractivity contribution in [2.45, 2.75) is 33.9 Å². The molecule has 0 atom stereocenters. The number of carbonyl (C=O) groups excluding carboxylic acids is 1. The van der Waals surface area contributed by atoms with Gasteiger partial charge in [-0.15, -0.1) is 16.4 Å². The molecule has 0 saturated carbocycles. The number of thiophene rings is 1. The number of amides is 1. The zero-order chi connectivity index (χ0) is 21.8. The van der Waals surface area contributed by atoms with Crippen LogP contribution >= 0.6 is 11.3 Å². The Morgan fingerprint density at radius 3 is 2.58 bits per heavy atom. The molecule has 31 heavy (non-hydrogen) atoms. The molecule has 0 unspecified atom stereocenters. The minimum absolute atomic E-state index is 0.225. The number of hydrogen-bond acceptors (Lipinski definition) is 5. The number of nitrogens with one attached hydrogen (secondary N) is 1. The Labute approximate surface area is 185 Å². The van der Waals surface area contributed by atoms with Gasteiger partial charge in [-0.2, -0.15) is 0 Å². The quantitative estimate of drug-likeness (QED) is 0.439. The van der Waals surface area contributed by atoms with Crippen LogP contribution in [0.2, 0.25) is 0 Å².